The first kappa shape index (κ1) is 15.9. The standard InChI is InChI=1S/C11H23N3O3/c1-4-12-10(15)8-14(2)9-11(16)13-6-5-7-17-3/h4-9H2,1-3H3,(H,12,15)(H,13,16). The summed E-state index contributed by atoms with van der Waals surface area (Å²) in [6, 6.07) is 0. The highest BCUT2D eigenvalue weighted by molar-refractivity contribution is 5.80. The van der Waals surface area contributed by atoms with E-state index < -0.39 is 0 Å². The molecule has 0 atom stereocenters. The van der Waals surface area contributed by atoms with E-state index in [4.69, 9.17) is 4.74 Å². The van der Waals surface area contributed by atoms with Crippen molar-refractivity contribution in [3.8, 4) is 0 Å². The Kier molecular flexibility index (Phi) is 9.37. The zero-order chi connectivity index (χ0) is 13.1. The predicted octanol–water partition coefficient (Wildman–Crippen LogP) is -0.793. The van der Waals surface area contributed by atoms with Crippen LogP contribution in [0.4, 0.5) is 0 Å². The van der Waals surface area contributed by atoms with Crippen molar-refractivity contribution in [1.29, 1.82) is 0 Å². The van der Waals surface area contributed by atoms with Crippen molar-refractivity contribution in [2.24, 2.45) is 0 Å². The van der Waals surface area contributed by atoms with E-state index >= 15 is 0 Å². The number of amides is 2. The molecule has 0 rings (SSSR count). The fourth-order valence-electron chi connectivity index (χ4n) is 1.30. The van der Waals surface area contributed by atoms with Gasteiger partial charge >= 0.3 is 0 Å². The van der Waals surface area contributed by atoms with Crippen LogP contribution in [0, 0.1) is 0 Å². The number of carbonyl (C=O) groups excluding carboxylic acids is 2. The maximum atomic E-state index is 11.4. The molecule has 0 bridgehead atoms. The number of rotatable bonds is 9. The van der Waals surface area contributed by atoms with Crippen molar-refractivity contribution in [2.45, 2.75) is 13.3 Å². The Morgan fingerprint density at radius 1 is 1.18 bits per heavy atom. The summed E-state index contributed by atoms with van der Waals surface area (Å²) >= 11 is 0. The highest BCUT2D eigenvalue weighted by Crippen LogP contribution is 1.83. The molecule has 2 N–H and O–H groups in total. The highest BCUT2D eigenvalue weighted by atomic mass is 16.5. The lowest BCUT2D eigenvalue weighted by atomic mass is 10.4. The summed E-state index contributed by atoms with van der Waals surface area (Å²) in [7, 11) is 3.37. The minimum atomic E-state index is -0.0760. The summed E-state index contributed by atoms with van der Waals surface area (Å²) in [4.78, 5) is 24.3. The molecule has 0 saturated heterocycles. The topological polar surface area (TPSA) is 70.7 Å². The molecule has 0 unspecified atom stereocenters. The third-order valence-corrected chi connectivity index (χ3v) is 2.05. The molecule has 0 aromatic rings. The molecule has 0 aliphatic heterocycles. The summed E-state index contributed by atoms with van der Waals surface area (Å²) in [5.74, 6) is -0.143. The monoisotopic (exact) mass is 245 g/mol. The number of nitrogens with zero attached hydrogens (tertiary/aromatic N) is 1. The second-order valence-electron chi connectivity index (χ2n) is 3.82. The van der Waals surface area contributed by atoms with Gasteiger partial charge in [0.15, 0.2) is 0 Å². The maximum absolute atomic E-state index is 11.4. The largest absolute Gasteiger partial charge is 0.385 e. The van der Waals surface area contributed by atoms with Crippen molar-refractivity contribution in [3.05, 3.63) is 0 Å². The van der Waals surface area contributed by atoms with Gasteiger partial charge in [-0.2, -0.15) is 0 Å². The molecular formula is C11H23N3O3. The van der Waals surface area contributed by atoms with E-state index in [1.54, 1.807) is 19.1 Å². The van der Waals surface area contributed by atoms with Crippen LogP contribution in [-0.2, 0) is 14.3 Å². The average molecular weight is 245 g/mol. The van der Waals surface area contributed by atoms with Crippen LogP contribution in [0.25, 0.3) is 0 Å². The Balaban J connectivity index is 3.61. The van der Waals surface area contributed by atoms with Crippen molar-refractivity contribution < 1.29 is 14.3 Å². The average Bonchev–Trinajstić information content (AvgIpc) is 2.24. The molecule has 100 valence electrons. The smallest absolute Gasteiger partial charge is 0.234 e. The van der Waals surface area contributed by atoms with E-state index in [-0.39, 0.29) is 24.9 Å². The normalized spacial score (nSPS) is 10.4. The molecule has 0 aliphatic rings. The molecule has 0 radical (unpaired) electrons. The number of hydrogen-bond acceptors (Lipinski definition) is 4. The van der Waals surface area contributed by atoms with Crippen LogP contribution >= 0.6 is 0 Å². The Labute approximate surface area is 103 Å². The van der Waals surface area contributed by atoms with Crippen LogP contribution < -0.4 is 10.6 Å². The molecule has 0 spiro atoms. The molecule has 6 heteroatoms. The van der Waals surface area contributed by atoms with Gasteiger partial charge in [0.05, 0.1) is 13.1 Å². The molecular weight excluding hydrogens is 222 g/mol. The van der Waals surface area contributed by atoms with Crippen LogP contribution in [0.15, 0.2) is 0 Å². The third-order valence-electron chi connectivity index (χ3n) is 2.05. The van der Waals surface area contributed by atoms with Gasteiger partial charge < -0.3 is 15.4 Å². The van der Waals surface area contributed by atoms with Crippen molar-refractivity contribution in [3.63, 3.8) is 0 Å². The number of likely N-dealkylation sites (N-methyl/N-ethyl adjacent to an activating group) is 2. The first-order valence-electron chi connectivity index (χ1n) is 5.81. The van der Waals surface area contributed by atoms with Gasteiger partial charge in [-0.15, -0.1) is 0 Å². The van der Waals surface area contributed by atoms with Crippen LogP contribution in [-0.4, -0.2) is 63.7 Å². The Morgan fingerprint density at radius 2 is 1.76 bits per heavy atom. The van der Waals surface area contributed by atoms with Crippen molar-refractivity contribution >= 4 is 11.8 Å². The molecule has 0 aliphatic carbocycles. The predicted molar refractivity (Wildman–Crippen MR) is 65.7 cm³/mol. The summed E-state index contributed by atoms with van der Waals surface area (Å²) in [5, 5.41) is 5.44. The van der Waals surface area contributed by atoms with Gasteiger partial charge in [-0.05, 0) is 20.4 Å². The number of nitrogens with one attached hydrogen (secondary N) is 2. The number of hydrogen-bond donors (Lipinski definition) is 2. The SMILES string of the molecule is CCNC(=O)CN(C)CC(=O)NCCCOC. The molecule has 0 aromatic heterocycles. The number of carbonyl (C=O) groups is 2. The zero-order valence-electron chi connectivity index (χ0n) is 10.9. The van der Waals surface area contributed by atoms with E-state index in [0.717, 1.165) is 6.42 Å². The molecule has 0 aromatic carbocycles. The van der Waals surface area contributed by atoms with Gasteiger partial charge in [0.25, 0.3) is 0 Å². The van der Waals surface area contributed by atoms with E-state index in [0.29, 0.717) is 19.7 Å². The summed E-state index contributed by atoms with van der Waals surface area (Å²) < 4.78 is 4.87. The van der Waals surface area contributed by atoms with Gasteiger partial charge in [-0.1, -0.05) is 0 Å². The van der Waals surface area contributed by atoms with Gasteiger partial charge in [0.1, 0.15) is 0 Å². The van der Waals surface area contributed by atoms with E-state index in [1.165, 1.54) is 0 Å². The second kappa shape index (κ2) is 10.0. The minimum Gasteiger partial charge on any atom is -0.385 e. The molecule has 2 amide bonds. The van der Waals surface area contributed by atoms with Crippen LogP contribution in [0.1, 0.15) is 13.3 Å². The van der Waals surface area contributed by atoms with Gasteiger partial charge in [0, 0.05) is 26.8 Å². The number of ether oxygens (including phenoxy) is 1. The summed E-state index contributed by atoms with van der Waals surface area (Å²) in [5.41, 5.74) is 0. The van der Waals surface area contributed by atoms with E-state index in [2.05, 4.69) is 10.6 Å². The lowest BCUT2D eigenvalue weighted by Crippen LogP contribution is -2.41. The zero-order valence-corrected chi connectivity index (χ0v) is 10.9. The minimum absolute atomic E-state index is 0.0674. The molecule has 17 heavy (non-hydrogen) atoms. The third kappa shape index (κ3) is 9.77. The van der Waals surface area contributed by atoms with Crippen molar-refractivity contribution in [2.75, 3.05) is 46.9 Å². The lowest BCUT2D eigenvalue weighted by molar-refractivity contribution is -0.124. The summed E-state index contributed by atoms with van der Waals surface area (Å²) in [6.45, 7) is 4.16. The van der Waals surface area contributed by atoms with Crippen molar-refractivity contribution in [1.82, 2.24) is 15.5 Å². The maximum Gasteiger partial charge on any atom is 0.234 e. The molecule has 0 saturated carbocycles. The fraction of sp³-hybridized carbons (Fsp3) is 0.818. The second-order valence-corrected chi connectivity index (χ2v) is 3.82. The quantitative estimate of drug-likeness (QED) is 0.522. The lowest BCUT2D eigenvalue weighted by Gasteiger charge is -2.15. The Bertz CT molecular complexity index is 234. The Morgan fingerprint density at radius 3 is 2.29 bits per heavy atom. The van der Waals surface area contributed by atoms with Crippen LogP contribution in [0.3, 0.4) is 0 Å². The first-order chi connectivity index (χ1) is 8.10. The molecule has 6 nitrogen and oxygen atoms in total. The van der Waals surface area contributed by atoms with Gasteiger partial charge in [0.2, 0.25) is 11.8 Å². The van der Waals surface area contributed by atoms with E-state index in [9.17, 15) is 9.59 Å². The Hall–Kier alpha value is -1.14. The molecule has 0 fully saturated rings. The van der Waals surface area contributed by atoms with Gasteiger partial charge in [-0.25, -0.2) is 0 Å². The van der Waals surface area contributed by atoms with E-state index in [1.807, 2.05) is 6.92 Å². The van der Waals surface area contributed by atoms with Crippen LogP contribution in [0.2, 0.25) is 0 Å². The first-order valence-corrected chi connectivity index (χ1v) is 5.81. The van der Waals surface area contributed by atoms with Crippen LogP contribution in [0.5, 0.6) is 0 Å². The number of methoxy groups -OCH3 is 1. The fourth-order valence-corrected chi connectivity index (χ4v) is 1.30. The highest BCUT2D eigenvalue weighted by Gasteiger charge is 2.09. The molecule has 0 heterocycles. The summed E-state index contributed by atoms with van der Waals surface area (Å²) in [6.07, 6.45) is 0.794. The van der Waals surface area contributed by atoms with Gasteiger partial charge in [-0.3, -0.25) is 14.5 Å².